The molecule has 2 aliphatic heterocycles. The number of hydrogen-bond acceptors (Lipinski definition) is 6. The average Bonchev–Trinajstić information content (AvgIpc) is 2.39. The maximum Gasteiger partial charge on any atom is 0.189 e. The monoisotopic (exact) mass is 286 g/mol. The van der Waals surface area contributed by atoms with E-state index < -0.39 is 35.5 Å². The van der Waals surface area contributed by atoms with Crippen LogP contribution in [0.3, 0.4) is 0 Å². The molecule has 1 aliphatic carbocycles. The molecule has 114 valence electrons. The van der Waals surface area contributed by atoms with Crippen molar-refractivity contribution in [2.45, 2.75) is 62.2 Å². The number of hydrogen-bond donors (Lipinski definition) is 2. The SMILES string of the molecule is CO[C@H]1O[C@@H]2COC(C)(C)O[C@H]2[C@@]2(O)CC=CC[C@@]12O. The summed E-state index contributed by atoms with van der Waals surface area (Å²) in [5.74, 6) is -0.817. The van der Waals surface area contributed by atoms with Crippen LogP contribution in [-0.2, 0) is 18.9 Å². The Morgan fingerprint density at radius 2 is 1.80 bits per heavy atom. The molecule has 0 spiro atoms. The van der Waals surface area contributed by atoms with E-state index in [9.17, 15) is 10.2 Å². The van der Waals surface area contributed by atoms with E-state index in [2.05, 4.69) is 0 Å². The molecule has 0 unspecified atom stereocenters. The predicted octanol–water partition coefficient (Wildman–Crippen LogP) is 0.321. The molecule has 3 rings (SSSR count). The minimum Gasteiger partial charge on any atom is -0.383 e. The van der Waals surface area contributed by atoms with E-state index in [-0.39, 0.29) is 6.42 Å². The Hall–Kier alpha value is -0.500. The van der Waals surface area contributed by atoms with E-state index in [1.54, 1.807) is 13.8 Å². The van der Waals surface area contributed by atoms with Crippen LogP contribution in [0.5, 0.6) is 0 Å². The first kappa shape index (κ1) is 14.4. The molecule has 0 amide bonds. The Labute approximate surface area is 118 Å². The van der Waals surface area contributed by atoms with Gasteiger partial charge in [0.05, 0.1) is 6.61 Å². The molecule has 0 bridgehead atoms. The normalized spacial score (nSPS) is 50.4. The number of fused-ring (bicyclic) bond motifs is 3. The van der Waals surface area contributed by atoms with E-state index in [1.165, 1.54) is 7.11 Å². The number of ether oxygens (including phenoxy) is 4. The van der Waals surface area contributed by atoms with Crippen LogP contribution in [0, 0.1) is 0 Å². The summed E-state index contributed by atoms with van der Waals surface area (Å²) in [6.07, 6.45) is 2.20. The van der Waals surface area contributed by atoms with E-state index in [0.717, 1.165) is 0 Å². The Morgan fingerprint density at radius 3 is 2.45 bits per heavy atom. The molecule has 0 radical (unpaired) electrons. The predicted molar refractivity (Wildman–Crippen MR) is 68.8 cm³/mol. The van der Waals surface area contributed by atoms with Gasteiger partial charge in [-0.2, -0.15) is 0 Å². The molecule has 2 N–H and O–H groups in total. The topological polar surface area (TPSA) is 77.4 Å². The van der Waals surface area contributed by atoms with Gasteiger partial charge in [-0.3, -0.25) is 0 Å². The van der Waals surface area contributed by atoms with Gasteiger partial charge in [0, 0.05) is 13.5 Å². The molecule has 20 heavy (non-hydrogen) atoms. The lowest BCUT2D eigenvalue weighted by atomic mass is 9.67. The van der Waals surface area contributed by atoms with E-state index in [0.29, 0.717) is 13.0 Å². The molecule has 6 nitrogen and oxygen atoms in total. The van der Waals surface area contributed by atoms with Crippen LogP contribution < -0.4 is 0 Å². The number of aliphatic hydroxyl groups is 2. The molecule has 5 atom stereocenters. The fourth-order valence-electron chi connectivity index (χ4n) is 3.37. The summed E-state index contributed by atoms with van der Waals surface area (Å²) < 4.78 is 22.4. The first-order valence-electron chi connectivity index (χ1n) is 6.92. The lowest BCUT2D eigenvalue weighted by Gasteiger charge is -2.59. The molecular formula is C14H22O6. The summed E-state index contributed by atoms with van der Waals surface area (Å²) in [7, 11) is 1.45. The van der Waals surface area contributed by atoms with Gasteiger partial charge >= 0.3 is 0 Å². The highest BCUT2D eigenvalue weighted by Gasteiger charge is 2.67. The van der Waals surface area contributed by atoms with Gasteiger partial charge in [-0.25, -0.2) is 0 Å². The number of methoxy groups -OCH3 is 1. The third-order valence-electron chi connectivity index (χ3n) is 4.49. The van der Waals surface area contributed by atoms with Crippen LogP contribution in [-0.4, -0.2) is 59.4 Å². The van der Waals surface area contributed by atoms with E-state index in [4.69, 9.17) is 18.9 Å². The maximum atomic E-state index is 11.1. The van der Waals surface area contributed by atoms with E-state index >= 15 is 0 Å². The average molecular weight is 286 g/mol. The molecule has 0 aromatic rings. The lowest BCUT2D eigenvalue weighted by Crippen LogP contribution is -2.77. The van der Waals surface area contributed by atoms with Crippen molar-refractivity contribution in [3.05, 3.63) is 12.2 Å². The first-order chi connectivity index (χ1) is 9.32. The van der Waals surface area contributed by atoms with Gasteiger partial charge in [0.1, 0.15) is 17.8 Å². The highest BCUT2D eigenvalue weighted by atomic mass is 16.8. The third kappa shape index (κ3) is 1.87. The van der Waals surface area contributed by atoms with Gasteiger partial charge in [0.2, 0.25) is 0 Å². The molecule has 0 aromatic heterocycles. The summed E-state index contributed by atoms with van der Waals surface area (Å²) >= 11 is 0. The van der Waals surface area contributed by atoms with E-state index in [1.807, 2.05) is 12.2 Å². The van der Waals surface area contributed by atoms with Gasteiger partial charge < -0.3 is 29.2 Å². The van der Waals surface area contributed by atoms with Crippen molar-refractivity contribution in [2.75, 3.05) is 13.7 Å². The van der Waals surface area contributed by atoms with Crippen molar-refractivity contribution in [2.24, 2.45) is 0 Å². The molecule has 0 saturated carbocycles. The van der Waals surface area contributed by atoms with Crippen LogP contribution >= 0.6 is 0 Å². The minimum absolute atomic E-state index is 0.260. The van der Waals surface area contributed by atoms with Gasteiger partial charge in [-0.05, 0) is 20.3 Å². The summed E-state index contributed by atoms with van der Waals surface area (Å²) in [4.78, 5) is 0. The second kappa shape index (κ2) is 4.50. The standard InChI is InChI=1S/C14H22O6/c1-12(2)18-8-9-10(20-12)13(15)6-4-5-7-14(13,16)11(17-3)19-9/h4-5,9-11,15-16H,6-8H2,1-3H3/t9-,10-,11+,13+,14-/m1/s1. The summed E-state index contributed by atoms with van der Waals surface area (Å²) in [5, 5.41) is 22.1. The fourth-order valence-corrected chi connectivity index (χ4v) is 3.37. The van der Waals surface area contributed by atoms with Gasteiger partial charge in [0.25, 0.3) is 0 Å². The highest BCUT2D eigenvalue weighted by Crippen LogP contribution is 2.48. The molecule has 0 aromatic carbocycles. The van der Waals surface area contributed by atoms with Crippen molar-refractivity contribution >= 4 is 0 Å². The zero-order valence-electron chi connectivity index (χ0n) is 12.0. The number of rotatable bonds is 1. The summed E-state index contributed by atoms with van der Waals surface area (Å²) in [5.41, 5.74) is -2.97. The summed E-state index contributed by atoms with van der Waals surface area (Å²) in [6, 6.07) is 0. The molecule has 2 heterocycles. The van der Waals surface area contributed by atoms with Crippen LogP contribution in [0.25, 0.3) is 0 Å². The van der Waals surface area contributed by atoms with Crippen LogP contribution in [0.4, 0.5) is 0 Å². The zero-order chi connectivity index (χ0) is 14.6. The van der Waals surface area contributed by atoms with Gasteiger partial charge in [0.15, 0.2) is 17.7 Å². The van der Waals surface area contributed by atoms with Crippen molar-refractivity contribution in [3.8, 4) is 0 Å². The second-order valence-corrected chi connectivity index (χ2v) is 6.22. The van der Waals surface area contributed by atoms with Crippen molar-refractivity contribution in [3.63, 3.8) is 0 Å². The first-order valence-corrected chi connectivity index (χ1v) is 6.92. The largest absolute Gasteiger partial charge is 0.383 e. The highest BCUT2D eigenvalue weighted by molar-refractivity contribution is 5.20. The molecule has 2 fully saturated rings. The maximum absolute atomic E-state index is 11.1. The Morgan fingerprint density at radius 1 is 1.15 bits per heavy atom. The molecular weight excluding hydrogens is 264 g/mol. The zero-order valence-corrected chi connectivity index (χ0v) is 12.0. The minimum atomic E-state index is -1.52. The van der Waals surface area contributed by atoms with Crippen molar-refractivity contribution in [1.29, 1.82) is 0 Å². The van der Waals surface area contributed by atoms with Crippen molar-refractivity contribution < 1.29 is 29.2 Å². The Balaban J connectivity index is 2.00. The van der Waals surface area contributed by atoms with Gasteiger partial charge in [-0.1, -0.05) is 12.2 Å². The van der Waals surface area contributed by atoms with Gasteiger partial charge in [-0.15, -0.1) is 0 Å². The molecule has 2 saturated heterocycles. The fraction of sp³-hybridized carbons (Fsp3) is 0.857. The smallest absolute Gasteiger partial charge is 0.189 e. The third-order valence-corrected chi connectivity index (χ3v) is 4.49. The quantitative estimate of drug-likeness (QED) is 0.676. The van der Waals surface area contributed by atoms with Crippen LogP contribution in [0.2, 0.25) is 0 Å². The van der Waals surface area contributed by atoms with Crippen molar-refractivity contribution in [1.82, 2.24) is 0 Å². The second-order valence-electron chi connectivity index (χ2n) is 6.22. The van der Waals surface area contributed by atoms with Crippen LogP contribution in [0.15, 0.2) is 12.2 Å². The Bertz CT molecular complexity index is 422. The lowest BCUT2D eigenvalue weighted by molar-refractivity contribution is -0.426. The molecule has 3 aliphatic rings. The summed E-state index contributed by atoms with van der Waals surface area (Å²) in [6.45, 7) is 3.86. The van der Waals surface area contributed by atoms with Crippen LogP contribution in [0.1, 0.15) is 26.7 Å². The Kier molecular flexibility index (Phi) is 3.25. The molecule has 6 heteroatoms.